The zero-order valence-electron chi connectivity index (χ0n) is 12.8. The molecule has 1 aromatic carbocycles. The van der Waals surface area contributed by atoms with Crippen LogP contribution in [-0.2, 0) is 6.42 Å². The van der Waals surface area contributed by atoms with Gasteiger partial charge < -0.3 is 10.1 Å². The van der Waals surface area contributed by atoms with Gasteiger partial charge in [0.25, 0.3) is 0 Å². The molecule has 3 heteroatoms. The van der Waals surface area contributed by atoms with E-state index in [2.05, 4.69) is 41.9 Å². The van der Waals surface area contributed by atoms with E-state index in [0.717, 1.165) is 12.3 Å². The summed E-state index contributed by atoms with van der Waals surface area (Å²) in [4.78, 5) is 1.58. The number of hydrogen-bond donors (Lipinski definition) is 1. The third-order valence-corrected chi connectivity index (χ3v) is 5.37. The zero-order valence-corrected chi connectivity index (χ0v) is 13.6. The van der Waals surface area contributed by atoms with Crippen molar-refractivity contribution in [3.8, 4) is 5.75 Å². The number of rotatable bonds is 5. The minimum Gasteiger partial charge on any atom is -0.497 e. The number of methoxy groups -OCH3 is 1. The Balaban J connectivity index is 1.95. The molecule has 2 atom stereocenters. The van der Waals surface area contributed by atoms with Crippen LogP contribution in [0.25, 0.3) is 0 Å². The molecule has 2 unspecified atom stereocenters. The van der Waals surface area contributed by atoms with E-state index >= 15 is 0 Å². The van der Waals surface area contributed by atoms with Crippen molar-refractivity contribution in [2.45, 2.75) is 38.1 Å². The molecule has 0 saturated carbocycles. The van der Waals surface area contributed by atoms with Gasteiger partial charge in [-0.1, -0.05) is 19.1 Å². The third-order valence-electron chi connectivity index (χ3n) is 4.38. The zero-order chi connectivity index (χ0) is 14.7. The SMILES string of the molecule is CCNC(c1cccc(OC)c1)C1CCCc2sccc21. The largest absolute Gasteiger partial charge is 0.497 e. The minimum atomic E-state index is 0.374. The van der Waals surface area contributed by atoms with Crippen LogP contribution < -0.4 is 10.1 Å². The van der Waals surface area contributed by atoms with Gasteiger partial charge in [-0.3, -0.25) is 0 Å². The Bertz CT molecular complexity index is 592. The molecule has 1 N–H and O–H groups in total. The Labute approximate surface area is 131 Å². The van der Waals surface area contributed by atoms with Gasteiger partial charge in [-0.05, 0) is 60.5 Å². The number of likely N-dealkylation sites (N-methyl/N-ethyl adjacent to an activating group) is 1. The molecular weight excluding hydrogens is 278 g/mol. The van der Waals surface area contributed by atoms with E-state index in [0.29, 0.717) is 12.0 Å². The summed E-state index contributed by atoms with van der Waals surface area (Å²) < 4.78 is 5.40. The molecule has 112 valence electrons. The second kappa shape index (κ2) is 6.63. The van der Waals surface area contributed by atoms with E-state index in [4.69, 9.17) is 4.74 Å². The van der Waals surface area contributed by atoms with Crippen molar-refractivity contribution in [3.05, 3.63) is 51.7 Å². The van der Waals surface area contributed by atoms with Gasteiger partial charge in [0.1, 0.15) is 5.75 Å². The van der Waals surface area contributed by atoms with Crippen LogP contribution in [0.3, 0.4) is 0 Å². The van der Waals surface area contributed by atoms with Gasteiger partial charge in [0, 0.05) is 16.8 Å². The van der Waals surface area contributed by atoms with Crippen molar-refractivity contribution in [3.63, 3.8) is 0 Å². The maximum absolute atomic E-state index is 5.40. The van der Waals surface area contributed by atoms with Crippen molar-refractivity contribution in [1.29, 1.82) is 0 Å². The number of fused-ring (bicyclic) bond motifs is 1. The van der Waals surface area contributed by atoms with Gasteiger partial charge in [-0.2, -0.15) is 0 Å². The quantitative estimate of drug-likeness (QED) is 0.876. The standard InChI is InChI=1S/C18H23NOS/c1-3-19-18(13-6-4-7-14(12-13)20-2)16-8-5-9-17-15(16)10-11-21-17/h4,6-7,10-12,16,18-19H,3,5,8-9H2,1-2H3. The summed E-state index contributed by atoms with van der Waals surface area (Å²) in [7, 11) is 1.74. The van der Waals surface area contributed by atoms with Crippen molar-refractivity contribution >= 4 is 11.3 Å². The summed E-state index contributed by atoms with van der Waals surface area (Å²) in [6, 6.07) is 11.2. The van der Waals surface area contributed by atoms with Crippen LogP contribution in [-0.4, -0.2) is 13.7 Å². The highest BCUT2D eigenvalue weighted by Gasteiger charge is 2.29. The van der Waals surface area contributed by atoms with Crippen LogP contribution in [0.4, 0.5) is 0 Å². The lowest BCUT2D eigenvalue weighted by atomic mass is 9.80. The first kappa shape index (κ1) is 14.6. The highest BCUT2D eigenvalue weighted by atomic mass is 32.1. The Morgan fingerprint density at radius 3 is 3.10 bits per heavy atom. The first-order chi connectivity index (χ1) is 10.3. The fraction of sp³-hybridized carbons (Fsp3) is 0.444. The van der Waals surface area contributed by atoms with Gasteiger partial charge in [0.15, 0.2) is 0 Å². The molecule has 0 amide bonds. The van der Waals surface area contributed by atoms with Gasteiger partial charge in [-0.25, -0.2) is 0 Å². The average Bonchev–Trinajstić information content (AvgIpc) is 3.01. The summed E-state index contributed by atoms with van der Waals surface area (Å²) in [6.45, 7) is 3.17. The Kier molecular flexibility index (Phi) is 4.61. The molecule has 2 aromatic rings. The van der Waals surface area contributed by atoms with Crippen LogP contribution >= 0.6 is 11.3 Å². The summed E-state index contributed by atoms with van der Waals surface area (Å²) in [5.41, 5.74) is 2.89. The second-order valence-electron chi connectivity index (χ2n) is 5.61. The molecule has 0 saturated heterocycles. The van der Waals surface area contributed by atoms with Crippen LogP contribution in [0, 0.1) is 0 Å². The van der Waals surface area contributed by atoms with Crippen molar-refractivity contribution in [1.82, 2.24) is 5.32 Å². The molecule has 0 radical (unpaired) electrons. The molecule has 1 heterocycles. The molecule has 1 aliphatic rings. The van der Waals surface area contributed by atoms with Crippen LogP contribution in [0.2, 0.25) is 0 Å². The molecule has 0 bridgehead atoms. The maximum atomic E-state index is 5.40. The van der Waals surface area contributed by atoms with Gasteiger partial charge in [0.05, 0.1) is 7.11 Å². The smallest absolute Gasteiger partial charge is 0.119 e. The summed E-state index contributed by atoms with van der Waals surface area (Å²) in [6.07, 6.45) is 3.81. The molecule has 0 fully saturated rings. The number of aryl methyl sites for hydroxylation is 1. The van der Waals surface area contributed by atoms with E-state index in [-0.39, 0.29) is 0 Å². The van der Waals surface area contributed by atoms with E-state index in [1.807, 2.05) is 17.4 Å². The monoisotopic (exact) mass is 301 g/mol. The predicted molar refractivity (Wildman–Crippen MR) is 89.4 cm³/mol. The minimum absolute atomic E-state index is 0.374. The third kappa shape index (κ3) is 2.99. The molecule has 0 spiro atoms. The lowest BCUT2D eigenvalue weighted by molar-refractivity contribution is 0.399. The van der Waals surface area contributed by atoms with Gasteiger partial charge in [0.2, 0.25) is 0 Å². The van der Waals surface area contributed by atoms with E-state index in [1.165, 1.54) is 24.8 Å². The average molecular weight is 301 g/mol. The van der Waals surface area contributed by atoms with Gasteiger partial charge >= 0.3 is 0 Å². The second-order valence-corrected chi connectivity index (χ2v) is 6.61. The summed E-state index contributed by atoms with van der Waals surface area (Å²) in [5, 5.41) is 5.95. The maximum Gasteiger partial charge on any atom is 0.119 e. The lowest BCUT2D eigenvalue weighted by Crippen LogP contribution is -2.28. The summed E-state index contributed by atoms with van der Waals surface area (Å²) in [5.74, 6) is 1.52. The van der Waals surface area contributed by atoms with Crippen molar-refractivity contribution in [2.75, 3.05) is 13.7 Å². The molecule has 3 rings (SSSR count). The fourth-order valence-electron chi connectivity index (χ4n) is 3.42. The molecular formula is C18H23NOS. The molecule has 21 heavy (non-hydrogen) atoms. The topological polar surface area (TPSA) is 21.3 Å². The van der Waals surface area contributed by atoms with Gasteiger partial charge in [-0.15, -0.1) is 11.3 Å². The lowest BCUT2D eigenvalue weighted by Gasteiger charge is -2.32. The molecule has 2 nitrogen and oxygen atoms in total. The van der Waals surface area contributed by atoms with Crippen LogP contribution in [0.15, 0.2) is 35.7 Å². The highest BCUT2D eigenvalue weighted by Crippen LogP contribution is 2.42. The predicted octanol–water partition coefficient (Wildman–Crippen LogP) is 4.53. The highest BCUT2D eigenvalue weighted by molar-refractivity contribution is 7.10. The van der Waals surface area contributed by atoms with Crippen LogP contribution in [0.5, 0.6) is 5.75 Å². The molecule has 1 aromatic heterocycles. The Morgan fingerprint density at radius 2 is 2.29 bits per heavy atom. The number of thiophene rings is 1. The Hall–Kier alpha value is -1.32. The van der Waals surface area contributed by atoms with E-state index < -0.39 is 0 Å². The molecule has 0 aliphatic heterocycles. The fourth-order valence-corrected chi connectivity index (χ4v) is 4.41. The van der Waals surface area contributed by atoms with Crippen molar-refractivity contribution < 1.29 is 4.74 Å². The Morgan fingerprint density at radius 1 is 1.38 bits per heavy atom. The van der Waals surface area contributed by atoms with E-state index in [1.54, 1.807) is 17.6 Å². The first-order valence-corrected chi connectivity index (χ1v) is 8.65. The summed E-state index contributed by atoms with van der Waals surface area (Å²) >= 11 is 1.91. The van der Waals surface area contributed by atoms with Crippen LogP contribution in [0.1, 0.15) is 47.7 Å². The van der Waals surface area contributed by atoms with Crippen molar-refractivity contribution in [2.24, 2.45) is 0 Å². The normalized spacial score (nSPS) is 19.0. The van der Waals surface area contributed by atoms with E-state index in [9.17, 15) is 0 Å². The molecule has 1 aliphatic carbocycles. The number of nitrogens with one attached hydrogen (secondary N) is 1. The first-order valence-electron chi connectivity index (χ1n) is 7.77. The number of ether oxygens (including phenoxy) is 1. The number of benzene rings is 1. The number of hydrogen-bond acceptors (Lipinski definition) is 3.